The number of carbonyl (C=O) groups excluding carboxylic acids is 1. The fourth-order valence-electron chi connectivity index (χ4n) is 2.59. The Labute approximate surface area is 127 Å². The lowest BCUT2D eigenvalue weighted by Crippen LogP contribution is -2.27. The highest BCUT2D eigenvalue weighted by atomic mass is 19.1. The standard InChI is InChI=1S/C17H16FN3O/c1-11(19-17(22)15-10-21(2)20-16(15)18)13-9-5-7-12-6-3-4-8-14(12)13/h3-11H,1-2H3,(H,19,22). The zero-order chi connectivity index (χ0) is 15.7. The van der Waals surface area contributed by atoms with Crippen LogP contribution in [0.2, 0.25) is 0 Å². The average molecular weight is 297 g/mol. The molecule has 0 radical (unpaired) electrons. The third-order valence-electron chi connectivity index (χ3n) is 3.67. The molecule has 0 saturated heterocycles. The predicted octanol–water partition coefficient (Wildman–Crippen LogP) is 3.20. The molecule has 3 aromatic rings. The topological polar surface area (TPSA) is 46.9 Å². The summed E-state index contributed by atoms with van der Waals surface area (Å²) in [7, 11) is 1.58. The van der Waals surface area contributed by atoms with E-state index in [1.165, 1.54) is 10.9 Å². The van der Waals surface area contributed by atoms with Crippen molar-refractivity contribution >= 4 is 16.7 Å². The van der Waals surface area contributed by atoms with Crippen LogP contribution < -0.4 is 5.32 Å². The van der Waals surface area contributed by atoms with Gasteiger partial charge in [-0.25, -0.2) is 0 Å². The molecule has 0 fully saturated rings. The van der Waals surface area contributed by atoms with Gasteiger partial charge in [-0.1, -0.05) is 42.5 Å². The third kappa shape index (κ3) is 2.57. The SMILES string of the molecule is CC(NC(=O)c1cn(C)nc1F)c1cccc2ccccc12. The molecule has 4 nitrogen and oxygen atoms in total. The minimum Gasteiger partial charge on any atom is -0.345 e. The fourth-order valence-corrected chi connectivity index (χ4v) is 2.59. The van der Waals surface area contributed by atoms with E-state index in [4.69, 9.17) is 0 Å². The van der Waals surface area contributed by atoms with E-state index in [1.54, 1.807) is 7.05 Å². The monoisotopic (exact) mass is 297 g/mol. The maximum Gasteiger partial charge on any atom is 0.258 e. The molecule has 3 rings (SSSR count). The molecular weight excluding hydrogens is 281 g/mol. The molecule has 0 aliphatic heterocycles. The van der Waals surface area contributed by atoms with E-state index in [0.717, 1.165) is 16.3 Å². The van der Waals surface area contributed by atoms with Gasteiger partial charge in [-0.3, -0.25) is 9.48 Å². The summed E-state index contributed by atoms with van der Waals surface area (Å²) in [5, 5.41) is 8.56. The first-order chi connectivity index (χ1) is 10.6. The van der Waals surface area contributed by atoms with Crippen molar-refractivity contribution in [3.63, 3.8) is 0 Å². The summed E-state index contributed by atoms with van der Waals surface area (Å²) in [6, 6.07) is 13.7. The van der Waals surface area contributed by atoms with Crippen LogP contribution in [-0.4, -0.2) is 15.7 Å². The Kier molecular flexibility index (Phi) is 3.63. The number of aromatic nitrogens is 2. The van der Waals surface area contributed by atoms with Crippen LogP contribution >= 0.6 is 0 Å². The number of amides is 1. The molecule has 0 aliphatic carbocycles. The highest BCUT2D eigenvalue weighted by molar-refractivity contribution is 5.95. The van der Waals surface area contributed by atoms with Gasteiger partial charge in [0.15, 0.2) is 0 Å². The van der Waals surface area contributed by atoms with E-state index in [9.17, 15) is 9.18 Å². The molecule has 1 aromatic heterocycles. The molecule has 22 heavy (non-hydrogen) atoms. The van der Waals surface area contributed by atoms with Crippen LogP contribution in [0.4, 0.5) is 4.39 Å². The summed E-state index contributed by atoms with van der Waals surface area (Å²) in [5.41, 5.74) is 0.949. The van der Waals surface area contributed by atoms with Gasteiger partial charge >= 0.3 is 0 Å². The second-order valence-electron chi connectivity index (χ2n) is 5.27. The van der Waals surface area contributed by atoms with Crippen molar-refractivity contribution in [3.05, 3.63) is 65.7 Å². The summed E-state index contributed by atoms with van der Waals surface area (Å²) in [6.45, 7) is 1.88. The number of hydrogen-bond donors (Lipinski definition) is 1. The van der Waals surface area contributed by atoms with Gasteiger partial charge in [-0.2, -0.15) is 4.39 Å². The highest BCUT2D eigenvalue weighted by Crippen LogP contribution is 2.24. The Morgan fingerprint density at radius 1 is 1.23 bits per heavy atom. The van der Waals surface area contributed by atoms with E-state index in [2.05, 4.69) is 10.4 Å². The number of halogens is 1. The van der Waals surface area contributed by atoms with Crippen LogP contribution in [0.5, 0.6) is 0 Å². The highest BCUT2D eigenvalue weighted by Gasteiger charge is 2.18. The van der Waals surface area contributed by atoms with Gasteiger partial charge in [0, 0.05) is 13.2 Å². The molecule has 1 heterocycles. The second kappa shape index (κ2) is 5.60. The molecule has 1 atom stereocenters. The molecule has 0 spiro atoms. The fraction of sp³-hybridized carbons (Fsp3) is 0.176. The van der Waals surface area contributed by atoms with Crippen molar-refractivity contribution in [2.75, 3.05) is 0 Å². The molecule has 1 unspecified atom stereocenters. The molecule has 0 saturated carbocycles. The zero-order valence-electron chi connectivity index (χ0n) is 12.4. The van der Waals surface area contributed by atoms with Gasteiger partial charge in [-0.15, -0.1) is 5.10 Å². The largest absolute Gasteiger partial charge is 0.345 e. The van der Waals surface area contributed by atoms with Crippen LogP contribution in [0.25, 0.3) is 10.8 Å². The molecular formula is C17H16FN3O. The van der Waals surface area contributed by atoms with Gasteiger partial charge in [0.25, 0.3) is 5.91 Å². The summed E-state index contributed by atoms with van der Waals surface area (Å²) in [6.07, 6.45) is 1.38. The van der Waals surface area contributed by atoms with Crippen LogP contribution in [0.1, 0.15) is 28.9 Å². The molecule has 0 aliphatic rings. The maximum absolute atomic E-state index is 13.6. The van der Waals surface area contributed by atoms with E-state index in [0.29, 0.717) is 0 Å². The summed E-state index contributed by atoms with van der Waals surface area (Å²) < 4.78 is 14.9. The Morgan fingerprint density at radius 3 is 2.68 bits per heavy atom. The third-order valence-corrected chi connectivity index (χ3v) is 3.67. The van der Waals surface area contributed by atoms with Gasteiger partial charge in [0.2, 0.25) is 5.95 Å². The Bertz CT molecular complexity index is 836. The Morgan fingerprint density at radius 2 is 1.95 bits per heavy atom. The minimum atomic E-state index is -0.759. The van der Waals surface area contributed by atoms with E-state index < -0.39 is 11.9 Å². The van der Waals surface area contributed by atoms with Crippen LogP contribution in [0, 0.1) is 5.95 Å². The lowest BCUT2D eigenvalue weighted by molar-refractivity contribution is 0.0936. The molecule has 0 bridgehead atoms. The van der Waals surface area contributed by atoms with Crippen molar-refractivity contribution in [2.45, 2.75) is 13.0 Å². The van der Waals surface area contributed by atoms with E-state index >= 15 is 0 Å². The predicted molar refractivity (Wildman–Crippen MR) is 83.0 cm³/mol. The van der Waals surface area contributed by atoms with Crippen molar-refractivity contribution in [1.29, 1.82) is 0 Å². The number of benzene rings is 2. The Hall–Kier alpha value is -2.69. The lowest BCUT2D eigenvalue weighted by Gasteiger charge is -2.16. The summed E-state index contributed by atoms with van der Waals surface area (Å²) in [4.78, 5) is 12.2. The van der Waals surface area contributed by atoms with Crippen molar-refractivity contribution in [3.8, 4) is 0 Å². The van der Waals surface area contributed by atoms with Gasteiger partial charge in [0.05, 0.1) is 6.04 Å². The van der Waals surface area contributed by atoms with Gasteiger partial charge in [0.1, 0.15) is 5.56 Å². The van der Waals surface area contributed by atoms with E-state index in [-0.39, 0.29) is 11.6 Å². The van der Waals surface area contributed by atoms with Crippen LogP contribution in [0.3, 0.4) is 0 Å². The zero-order valence-corrected chi connectivity index (χ0v) is 12.4. The van der Waals surface area contributed by atoms with E-state index in [1.807, 2.05) is 49.4 Å². The first kappa shape index (κ1) is 14.3. The number of carbonyl (C=O) groups is 1. The normalized spacial score (nSPS) is 12.3. The lowest BCUT2D eigenvalue weighted by atomic mass is 9.99. The molecule has 5 heteroatoms. The first-order valence-electron chi connectivity index (χ1n) is 7.04. The number of fused-ring (bicyclic) bond motifs is 1. The maximum atomic E-state index is 13.6. The van der Waals surface area contributed by atoms with Gasteiger partial charge < -0.3 is 5.32 Å². The summed E-state index contributed by atoms with van der Waals surface area (Å²) in [5.74, 6) is -1.23. The number of hydrogen-bond acceptors (Lipinski definition) is 2. The van der Waals surface area contributed by atoms with Crippen molar-refractivity contribution < 1.29 is 9.18 Å². The van der Waals surface area contributed by atoms with Crippen molar-refractivity contribution in [1.82, 2.24) is 15.1 Å². The average Bonchev–Trinajstić information content (AvgIpc) is 2.85. The number of aryl methyl sites for hydroxylation is 1. The number of nitrogens with zero attached hydrogens (tertiary/aromatic N) is 2. The molecule has 1 amide bonds. The van der Waals surface area contributed by atoms with Crippen LogP contribution in [0.15, 0.2) is 48.7 Å². The van der Waals surface area contributed by atoms with Gasteiger partial charge in [-0.05, 0) is 23.3 Å². The van der Waals surface area contributed by atoms with Crippen molar-refractivity contribution in [2.24, 2.45) is 7.05 Å². The second-order valence-corrected chi connectivity index (χ2v) is 5.27. The number of rotatable bonds is 3. The van der Waals surface area contributed by atoms with Crippen LogP contribution in [-0.2, 0) is 7.05 Å². The Balaban J connectivity index is 1.89. The molecule has 2 aromatic carbocycles. The molecule has 112 valence electrons. The number of nitrogens with one attached hydrogen (secondary N) is 1. The quantitative estimate of drug-likeness (QED) is 0.807. The smallest absolute Gasteiger partial charge is 0.258 e. The minimum absolute atomic E-state index is 0.0467. The first-order valence-corrected chi connectivity index (χ1v) is 7.04. The summed E-state index contributed by atoms with van der Waals surface area (Å²) >= 11 is 0. The molecule has 1 N–H and O–H groups in total.